The van der Waals surface area contributed by atoms with Crippen LogP contribution in [0.2, 0.25) is 0 Å². The maximum atomic E-state index is 12.2. The van der Waals surface area contributed by atoms with Crippen molar-refractivity contribution in [1.29, 1.82) is 0 Å². The van der Waals surface area contributed by atoms with Crippen LogP contribution in [0.15, 0.2) is 10.5 Å². The van der Waals surface area contributed by atoms with Gasteiger partial charge >= 0.3 is 0 Å². The second-order valence-corrected chi connectivity index (χ2v) is 6.11. The van der Waals surface area contributed by atoms with Gasteiger partial charge in [-0.3, -0.25) is 4.79 Å². The first-order valence-corrected chi connectivity index (χ1v) is 6.51. The Labute approximate surface area is 96.6 Å². The summed E-state index contributed by atoms with van der Waals surface area (Å²) in [5.41, 5.74) is -0.000185. The van der Waals surface area contributed by atoms with Crippen molar-refractivity contribution in [3.05, 3.63) is 20.3 Å². The van der Waals surface area contributed by atoms with Crippen LogP contribution in [0.1, 0.15) is 40.7 Å². The van der Waals surface area contributed by atoms with E-state index in [1.165, 1.54) is 4.88 Å². The molecule has 2 rings (SSSR count). The lowest BCUT2D eigenvalue weighted by Crippen LogP contribution is -2.13. The minimum absolute atomic E-state index is 0.000185. The minimum Gasteiger partial charge on any atom is -0.293 e. The summed E-state index contributed by atoms with van der Waals surface area (Å²) in [5, 5.41) is 0. The van der Waals surface area contributed by atoms with Gasteiger partial charge in [-0.25, -0.2) is 0 Å². The predicted molar refractivity (Wildman–Crippen MR) is 63.0 cm³/mol. The molecule has 0 radical (unpaired) electrons. The van der Waals surface area contributed by atoms with Gasteiger partial charge in [0.25, 0.3) is 0 Å². The Kier molecular flexibility index (Phi) is 2.56. The Balaban J connectivity index is 2.32. The fourth-order valence-corrected chi connectivity index (χ4v) is 3.65. The number of thiophene rings is 1. The molecule has 1 aliphatic rings. The molecule has 0 saturated heterocycles. The van der Waals surface area contributed by atoms with E-state index in [9.17, 15) is 4.79 Å². The lowest BCUT2D eigenvalue weighted by molar-refractivity contribution is 0.0900. The third kappa shape index (κ3) is 1.57. The molecule has 1 fully saturated rings. The van der Waals surface area contributed by atoms with Crippen molar-refractivity contribution < 1.29 is 4.79 Å². The van der Waals surface area contributed by atoms with Crippen LogP contribution in [0.4, 0.5) is 0 Å². The zero-order valence-corrected chi connectivity index (χ0v) is 10.8. The van der Waals surface area contributed by atoms with Crippen molar-refractivity contribution in [1.82, 2.24) is 0 Å². The molecule has 0 N–H and O–H groups in total. The molecule has 0 amide bonds. The number of carbonyl (C=O) groups excluding carboxylic acids is 1. The number of aryl methyl sites for hydroxylation is 1. The Morgan fingerprint density at radius 3 is 2.64 bits per heavy atom. The molecular formula is C11H13BrOS. The van der Waals surface area contributed by atoms with Gasteiger partial charge in [-0.15, -0.1) is 11.3 Å². The summed E-state index contributed by atoms with van der Waals surface area (Å²) in [5.74, 6) is 0.352. The minimum atomic E-state index is -0.000185. The molecule has 0 aliphatic heterocycles. The average molecular weight is 273 g/mol. The summed E-state index contributed by atoms with van der Waals surface area (Å²) in [6, 6.07) is 2.03. The van der Waals surface area contributed by atoms with Crippen molar-refractivity contribution in [3.8, 4) is 0 Å². The van der Waals surface area contributed by atoms with Crippen molar-refractivity contribution in [2.24, 2.45) is 5.41 Å². The molecule has 0 spiro atoms. The quantitative estimate of drug-likeness (QED) is 0.754. The summed E-state index contributed by atoms with van der Waals surface area (Å²) < 4.78 is 0.977. The first-order chi connectivity index (χ1) is 6.59. The monoisotopic (exact) mass is 272 g/mol. The van der Waals surface area contributed by atoms with Crippen LogP contribution in [-0.2, 0) is 0 Å². The normalized spacial score (nSPS) is 18.2. The van der Waals surface area contributed by atoms with Gasteiger partial charge in [-0.05, 0) is 48.2 Å². The smallest absolute Gasteiger partial charge is 0.180 e. The molecular weight excluding hydrogens is 260 g/mol. The molecule has 0 atom stereocenters. The third-order valence-corrected chi connectivity index (χ3v) is 4.97. The maximum Gasteiger partial charge on any atom is 0.180 e. The first-order valence-electron chi connectivity index (χ1n) is 4.90. The highest BCUT2D eigenvalue weighted by atomic mass is 79.9. The second kappa shape index (κ2) is 3.46. The van der Waals surface area contributed by atoms with Crippen LogP contribution < -0.4 is 0 Å². The lowest BCUT2D eigenvalue weighted by Gasteiger charge is -2.09. The number of hydrogen-bond acceptors (Lipinski definition) is 2. The molecule has 1 aliphatic carbocycles. The van der Waals surface area contributed by atoms with Crippen molar-refractivity contribution >= 4 is 33.0 Å². The highest BCUT2D eigenvalue weighted by Crippen LogP contribution is 2.52. The number of rotatable bonds is 3. The van der Waals surface area contributed by atoms with Crippen molar-refractivity contribution in [3.63, 3.8) is 0 Å². The zero-order chi connectivity index (χ0) is 10.3. The number of ketones is 1. The van der Waals surface area contributed by atoms with E-state index in [2.05, 4.69) is 22.9 Å². The zero-order valence-electron chi connectivity index (χ0n) is 8.39. The molecule has 1 saturated carbocycles. The van der Waals surface area contributed by atoms with Gasteiger partial charge in [0.1, 0.15) is 0 Å². The van der Waals surface area contributed by atoms with Gasteiger partial charge in [0.05, 0.1) is 4.88 Å². The summed E-state index contributed by atoms with van der Waals surface area (Å²) in [6.45, 7) is 4.15. The summed E-state index contributed by atoms with van der Waals surface area (Å²) in [6.07, 6.45) is 3.13. The summed E-state index contributed by atoms with van der Waals surface area (Å²) in [4.78, 5) is 14.3. The highest BCUT2D eigenvalue weighted by molar-refractivity contribution is 9.10. The van der Waals surface area contributed by atoms with Gasteiger partial charge in [-0.2, -0.15) is 0 Å². The Hall–Kier alpha value is -0.150. The SMILES string of the molecule is CCC1(C(=O)c2sc(C)cc2Br)CC1. The Morgan fingerprint density at radius 2 is 2.29 bits per heavy atom. The molecule has 14 heavy (non-hydrogen) atoms. The van der Waals surface area contributed by atoms with E-state index in [-0.39, 0.29) is 5.41 Å². The fourth-order valence-electron chi connectivity index (χ4n) is 1.77. The molecule has 0 bridgehead atoms. The van der Waals surface area contributed by atoms with E-state index in [0.29, 0.717) is 5.78 Å². The molecule has 1 heterocycles. The number of halogens is 1. The average Bonchev–Trinajstić information content (AvgIpc) is 2.87. The number of Topliss-reactive ketones (excluding diaryl/α,β-unsaturated/α-hetero) is 1. The number of carbonyl (C=O) groups is 1. The Bertz CT molecular complexity index is 377. The van der Waals surface area contributed by atoms with Crippen molar-refractivity contribution in [2.75, 3.05) is 0 Å². The van der Waals surface area contributed by atoms with E-state index in [1.807, 2.05) is 13.0 Å². The molecule has 0 aromatic carbocycles. The topological polar surface area (TPSA) is 17.1 Å². The molecule has 1 aromatic rings. The number of hydrogen-bond donors (Lipinski definition) is 0. The third-order valence-electron chi connectivity index (χ3n) is 3.03. The fraction of sp³-hybridized carbons (Fsp3) is 0.545. The molecule has 3 heteroatoms. The van der Waals surface area contributed by atoms with E-state index >= 15 is 0 Å². The van der Waals surface area contributed by atoms with Gasteiger partial charge in [0.2, 0.25) is 0 Å². The summed E-state index contributed by atoms with van der Waals surface area (Å²) in [7, 11) is 0. The van der Waals surface area contributed by atoms with Crippen LogP contribution in [0.3, 0.4) is 0 Å². The lowest BCUT2D eigenvalue weighted by atomic mass is 9.97. The molecule has 0 unspecified atom stereocenters. The van der Waals surface area contributed by atoms with Crippen molar-refractivity contribution in [2.45, 2.75) is 33.1 Å². The highest BCUT2D eigenvalue weighted by Gasteiger charge is 2.48. The van der Waals surface area contributed by atoms with E-state index < -0.39 is 0 Å². The standard InChI is InChI=1S/C11H13BrOS/c1-3-11(4-5-11)10(13)9-8(12)6-7(2)14-9/h6H,3-5H2,1-2H3. The first kappa shape index (κ1) is 10.4. The van der Waals surface area contributed by atoms with E-state index in [4.69, 9.17) is 0 Å². The van der Waals surface area contributed by atoms with Gasteiger partial charge < -0.3 is 0 Å². The molecule has 1 nitrogen and oxygen atoms in total. The second-order valence-electron chi connectivity index (χ2n) is 4.00. The molecule has 1 aromatic heterocycles. The van der Waals surface area contributed by atoms with Gasteiger partial charge in [-0.1, -0.05) is 6.92 Å². The Morgan fingerprint density at radius 1 is 1.64 bits per heavy atom. The molecule has 76 valence electrons. The largest absolute Gasteiger partial charge is 0.293 e. The van der Waals surface area contributed by atoms with Gasteiger partial charge in [0.15, 0.2) is 5.78 Å². The maximum absolute atomic E-state index is 12.2. The summed E-state index contributed by atoms with van der Waals surface area (Å²) >= 11 is 5.07. The van der Waals surface area contributed by atoms with Crippen LogP contribution in [0.25, 0.3) is 0 Å². The van der Waals surface area contributed by atoms with Crippen LogP contribution in [-0.4, -0.2) is 5.78 Å². The van der Waals surface area contributed by atoms with Crippen LogP contribution in [0.5, 0.6) is 0 Å². The van der Waals surface area contributed by atoms with E-state index in [0.717, 1.165) is 28.6 Å². The predicted octanol–water partition coefficient (Wildman–Crippen LogP) is 4.19. The van der Waals surface area contributed by atoms with Gasteiger partial charge in [0, 0.05) is 14.8 Å². The van der Waals surface area contributed by atoms with E-state index in [1.54, 1.807) is 11.3 Å². The van der Waals surface area contributed by atoms with Crippen LogP contribution >= 0.6 is 27.3 Å². The van der Waals surface area contributed by atoms with Crippen LogP contribution in [0, 0.1) is 12.3 Å².